The van der Waals surface area contributed by atoms with Crippen LogP contribution in [0.2, 0.25) is 10.0 Å². The maximum Gasteiger partial charge on any atom is 0.416 e. The number of hydrogen-bond acceptors (Lipinski definition) is 5. The number of carbonyl (C=O) groups excluding carboxylic acids is 2. The van der Waals surface area contributed by atoms with Crippen LogP contribution >= 0.6 is 23.2 Å². The van der Waals surface area contributed by atoms with Gasteiger partial charge in [-0.3, -0.25) is 9.59 Å². The molecule has 0 aliphatic rings. The fourth-order valence-electron chi connectivity index (χ4n) is 2.94. The molecule has 0 aromatic heterocycles. The molecule has 0 aliphatic carbocycles. The van der Waals surface area contributed by atoms with E-state index >= 15 is 0 Å². The SMILES string of the molecule is COc1cccc(/C=N\NC(=O)C(=O)Nc2cccc(C(F)(F)F)c2)c1OCc1c(Cl)cccc1Cl. The summed E-state index contributed by atoms with van der Waals surface area (Å²) in [4.78, 5) is 24.1. The van der Waals surface area contributed by atoms with E-state index in [0.717, 1.165) is 12.1 Å². The lowest BCUT2D eigenvalue weighted by Gasteiger charge is -2.14. The molecular weight excluding hydrogens is 522 g/mol. The van der Waals surface area contributed by atoms with Crippen molar-refractivity contribution in [1.29, 1.82) is 0 Å². The number of halogens is 5. The quantitative estimate of drug-likeness (QED) is 0.229. The Labute approximate surface area is 213 Å². The van der Waals surface area contributed by atoms with E-state index in [1.165, 1.54) is 19.4 Å². The fraction of sp³-hybridized carbons (Fsp3) is 0.125. The third kappa shape index (κ3) is 6.89. The van der Waals surface area contributed by atoms with Gasteiger partial charge in [0.1, 0.15) is 6.61 Å². The summed E-state index contributed by atoms with van der Waals surface area (Å²) in [5.41, 5.74) is 1.78. The van der Waals surface area contributed by atoms with Gasteiger partial charge < -0.3 is 14.8 Å². The average Bonchev–Trinajstić information content (AvgIpc) is 2.83. The number of ether oxygens (including phenoxy) is 2. The fourth-order valence-corrected chi connectivity index (χ4v) is 3.44. The minimum absolute atomic E-state index is 0.00543. The molecule has 2 amide bonds. The Balaban J connectivity index is 1.69. The van der Waals surface area contributed by atoms with Crippen molar-refractivity contribution in [2.45, 2.75) is 12.8 Å². The Hall–Kier alpha value is -3.76. The van der Waals surface area contributed by atoms with E-state index in [1.807, 2.05) is 5.43 Å². The molecule has 7 nitrogen and oxygen atoms in total. The summed E-state index contributed by atoms with van der Waals surface area (Å²) < 4.78 is 49.7. The van der Waals surface area contributed by atoms with Gasteiger partial charge in [0.15, 0.2) is 11.5 Å². The van der Waals surface area contributed by atoms with Gasteiger partial charge in [-0.15, -0.1) is 0 Å². The molecule has 0 radical (unpaired) electrons. The summed E-state index contributed by atoms with van der Waals surface area (Å²) in [5, 5.41) is 6.64. The number of nitrogens with one attached hydrogen (secondary N) is 2. The Morgan fingerprint density at radius 2 is 1.67 bits per heavy atom. The standard InChI is InChI=1S/C24H18Cl2F3N3O4/c1-35-20-10-2-5-14(21(20)36-13-17-18(25)8-4-9-19(17)26)12-30-32-23(34)22(33)31-16-7-3-6-15(11-16)24(27,28)29/h2-12H,13H2,1H3,(H,31,33)(H,32,34)/b30-12-. The van der Waals surface area contributed by atoms with E-state index < -0.39 is 23.6 Å². The molecule has 0 aliphatic heterocycles. The third-order valence-electron chi connectivity index (χ3n) is 4.68. The monoisotopic (exact) mass is 539 g/mol. The number of methoxy groups -OCH3 is 1. The van der Waals surface area contributed by atoms with Crippen LogP contribution in [0.1, 0.15) is 16.7 Å². The number of benzene rings is 3. The zero-order valence-corrected chi connectivity index (χ0v) is 20.0. The minimum Gasteiger partial charge on any atom is -0.493 e. The lowest BCUT2D eigenvalue weighted by molar-refractivity contribution is -0.137. The number of nitrogens with zero attached hydrogens (tertiary/aromatic N) is 1. The summed E-state index contributed by atoms with van der Waals surface area (Å²) in [7, 11) is 1.44. The number of carbonyl (C=O) groups is 2. The van der Waals surface area contributed by atoms with Gasteiger partial charge in [0.2, 0.25) is 0 Å². The van der Waals surface area contributed by atoms with Gasteiger partial charge >= 0.3 is 18.0 Å². The number of amides is 2. The van der Waals surface area contributed by atoms with E-state index in [9.17, 15) is 22.8 Å². The van der Waals surface area contributed by atoms with Crippen molar-refractivity contribution in [3.63, 3.8) is 0 Å². The molecule has 0 saturated heterocycles. The van der Waals surface area contributed by atoms with Crippen LogP contribution in [0.5, 0.6) is 11.5 Å². The number of para-hydroxylation sites is 1. The summed E-state index contributed by atoms with van der Waals surface area (Å²) in [6, 6.07) is 13.8. The van der Waals surface area contributed by atoms with Gasteiger partial charge in [0, 0.05) is 26.9 Å². The first-order chi connectivity index (χ1) is 17.1. The minimum atomic E-state index is -4.60. The van der Waals surface area contributed by atoms with Gasteiger partial charge in [-0.2, -0.15) is 18.3 Å². The smallest absolute Gasteiger partial charge is 0.416 e. The number of anilines is 1. The van der Waals surface area contributed by atoms with Crippen molar-refractivity contribution < 1.29 is 32.2 Å². The van der Waals surface area contributed by atoms with Crippen LogP contribution in [0.25, 0.3) is 0 Å². The van der Waals surface area contributed by atoms with Crippen LogP contribution in [0.3, 0.4) is 0 Å². The summed E-state index contributed by atoms with van der Waals surface area (Å²) in [6.45, 7) is 0.00543. The van der Waals surface area contributed by atoms with Crippen molar-refractivity contribution in [2.24, 2.45) is 5.10 Å². The van der Waals surface area contributed by atoms with Crippen LogP contribution in [-0.2, 0) is 22.4 Å². The number of alkyl halides is 3. The van der Waals surface area contributed by atoms with E-state index in [-0.39, 0.29) is 18.0 Å². The molecule has 0 bridgehead atoms. The van der Waals surface area contributed by atoms with Crippen LogP contribution in [-0.4, -0.2) is 25.1 Å². The molecule has 188 valence electrons. The Morgan fingerprint density at radius 3 is 2.33 bits per heavy atom. The molecule has 0 unspecified atom stereocenters. The molecule has 0 fully saturated rings. The summed E-state index contributed by atoms with van der Waals surface area (Å²) >= 11 is 12.4. The van der Waals surface area contributed by atoms with E-state index in [2.05, 4.69) is 10.4 Å². The van der Waals surface area contributed by atoms with Crippen LogP contribution < -0.4 is 20.2 Å². The Kier molecular flexibility index (Phi) is 8.78. The van der Waals surface area contributed by atoms with Gasteiger partial charge in [-0.25, -0.2) is 5.43 Å². The zero-order valence-electron chi connectivity index (χ0n) is 18.5. The van der Waals surface area contributed by atoms with Crippen LogP contribution in [0, 0.1) is 0 Å². The highest BCUT2D eigenvalue weighted by Gasteiger charge is 2.30. The van der Waals surface area contributed by atoms with E-state index in [1.54, 1.807) is 36.4 Å². The lowest BCUT2D eigenvalue weighted by atomic mass is 10.2. The van der Waals surface area contributed by atoms with Crippen molar-refractivity contribution in [1.82, 2.24) is 5.43 Å². The largest absolute Gasteiger partial charge is 0.493 e. The predicted octanol–water partition coefficient (Wildman–Crippen LogP) is 5.69. The van der Waals surface area contributed by atoms with Crippen LogP contribution in [0.4, 0.5) is 18.9 Å². The lowest BCUT2D eigenvalue weighted by Crippen LogP contribution is -2.32. The van der Waals surface area contributed by atoms with E-state index in [4.69, 9.17) is 32.7 Å². The topological polar surface area (TPSA) is 89.0 Å². The third-order valence-corrected chi connectivity index (χ3v) is 5.38. The number of hydrazone groups is 1. The highest BCUT2D eigenvalue weighted by Crippen LogP contribution is 2.33. The molecule has 3 rings (SSSR count). The van der Waals surface area contributed by atoms with E-state index in [0.29, 0.717) is 33.0 Å². The second-order valence-corrected chi connectivity index (χ2v) is 7.91. The Morgan fingerprint density at radius 1 is 1.00 bits per heavy atom. The zero-order chi connectivity index (χ0) is 26.3. The van der Waals surface area contributed by atoms with Crippen molar-refractivity contribution >= 4 is 46.9 Å². The number of hydrogen-bond donors (Lipinski definition) is 2. The molecule has 12 heteroatoms. The van der Waals surface area contributed by atoms with Gasteiger partial charge in [0.05, 0.1) is 18.9 Å². The van der Waals surface area contributed by atoms with Crippen molar-refractivity contribution in [2.75, 3.05) is 12.4 Å². The highest BCUT2D eigenvalue weighted by molar-refractivity contribution is 6.39. The predicted molar refractivity (Wildman–Crippen MR) is 130 cm³/mol. The molecule has 2 N–H and O–H groups in total. The van der Waals surface area contributed by atoms with Gasteiger partial charge in [-0.05, 0) is 42.5 Å². The number of rotatable bonds is 7. The molecule has 0 saturated carbocycles. The van der Waals surface area contributed by atoms with Gasteiger partial charge in [0.25, 0.3) is 0 Å². The highest BCUT2D eigenvalue weighted by atomic mass is 35.5. The normalized spacial score (nSPS) is 11.3. The second-order valence-electron chi connectivity index (χ2n) is 7.10. The molecular formula is C24H18Cl2F3N3O4. The summed E-state index contributed by atoms with van der Waals surface area (Å²) in [6.07, 6.45) is -3.39. The molecule has 0 heterocycles. The van der Waals surface area contributed by atoms with Crippen molar-refractivity contribution in [3.05, 3.63) is 87.4 Å². The van der Waals surface area contributed by atoms with Gasteiger partial charge in [-0.1, -0.05) is 41.4 Å². The average molecular weight is 540 g/mol. The first-order valence-corrected chi connectivity index (χ1v) is 10.9. The van der Waals surface area contributed by atoms with Crippen LogP contribution in [0.15, 0.2) is 65.8 Å². The second kappa shape index (κ2) is 11.8. The molecule has 3 aromatic rings. The maximum absolute atomic E-state index is 12.8. The first-order valence-electron chi connectivity index (χ1n) is 10.1. The molecule has 0 spiro atoms. The van der Waals surface area contributed by atoms with Crippen molar-refractivity contribution in [3.8, 4) is 11.5 Å². The molecule has 0 atom stereocenters. The Bertz CT molecular complexity index is 1280. The molecule has 3 aromatic carbocycles. The maximum atomic E-state index is 12.8. The molecule has 36 heavy (non-hydrogen) atoms. The summed E-state index contributed by atoms with van der Waals surface area (Å²) in [5.74, 6) is -1.78. The first kappa shape index (κ1) is 26.8.